The molecule has 0 aromatic carbocycles. The summed E-state index contributed by atoms with van der Waals surface area (Å²) < 4.78 is 5.14. The highest BCUT2D eigenvalue weighted by molar-refractivity contribution is 5.37. The van der Waals surface area contributed by atoms with Crippen LogP contribution in [0.3, 0.4) is 0 Å². The van der Waals surface area contributed by atoms with Crippen LogP contribution < -0.4 is 0 Å². The van der Waals surface area contributed by atoms with Crippen LogP contribution in [0, 0.1) is 11.3 Å². The zero-order valence-electron chi connectivity index (χ0n) is 10.5. The van der Waals surface area contributed by atoms with Crippen molar-refractivity contribution in [2.75, 3.05) is 0 Å². The Morgan fingerprint density at radius 1 is 1.47 bits per heavy atom. The first-order chi connectivity index (χ1) is 6.91. The van der Waals surface area contributed by atoms with Crippen molar-refractivity contribution in [3.63, 3.8) is 0 Å². The Hall–Kier alpha value is -0.790. The molecule has 0 aromatic rings. The van der Waals surface area contributed by atoms with Crippen molar-refractivity contribution in [2.24, 2.45) is 11.3 Å². The van der Waals surface area contributed by atoms with Gasteiger partial charge in [0.1, 0.15) is 6.10 Å². The van der Waals surface area contributed by atoms with Crippen LogP contribution in [0.15, 0.2) is 11.1 Å². The number of carbonyl (C=O) groups is 1. The first-order valence-corrected chi connectivity index (χ1v) is 5.66. The van der Waals surface area contributed by atoms with Gasteiger partial charge in [-0.3, -0.25) is 4.79 Å². The highest BCUT2D eigenvalue weighted by Crippen LogP contribution is 2.46. The molecule has 0 saturated heterocycles. The molecule has 0 fully saturated rings. The van der Waals surface area contributed by atoms with Crippen LogP contribution in [-0.2, 0) is 9.53 Å². The minimum absolute atomic E-state index is 0.00644. The number of hydrogen-bond acceptors (Lipinski definition) is 2. The largest absolute Gasteiger partial charge is 0.464 e. The van der Waals surface area contributed by atoms with Gasteiger partial charge in [-0.15, -0.1) is 0 Å². The van der Waals surface area contributed by atoms with E-state index in [4.69, 9.17) is 4.74 Å². The van der Waals surface area contributed by atoms with Crippen molar-refractivity contribution in [3.8, 4) is 0 Å². The van der Waals surface area contributed by atoms with Gasteiger partial charge < -0.3 is 4.74 Å². The quantitative estimate of drug-likeness (QED) is 0.527. The van der Waals surface area contributed by atoms with Crippen molar-refractivity contribution < 1.29 is 9.53 Å². The summed E-state index contributed by atoms with van der Waals surface area (Å²) >= 11 is 0. The topological polar surface area (TPSA) is 26.3 Å². The zero-order valence-corrected chi connectivity index (χ0v) is 10.5. The molecule has 3 atom stereocenters. The van der Waals surface area contributed by atoms with Crippen LogP contribution in [0.2, 0.25) is 0 Å². The Kier molecular flexibility index (Phi) is 3.58. The first kappa shape index (κ1) is 12.3. The summed E-state index contributed by atoms with van der Waals surface area (Å²) in [5, 5.41) is 0. The summed E-state index contributed by atoms with van der Waals surface area (Å²) in [7, 11) is 0. The van der Waals surface area contributed by atoms with Crippen LogP contribution >= 0.6 is 0 Å². The Balaban J connectivity index is 2.89. The summed E-state index contributed by atoms with van der Waals surface area (Å²) in [6.45, 7) is 11.4. The Bertz CT molecular complexity index is 274. The summed E-state index contributed by atoms with van der Waals surface area (Å²) in [4.78, 5) is 10.4. The van der Waals surface area contributed by atoms with E-state index in [0.717, 1.165) is 12.8 Å². The number of rotatable bonds is 3. The molecule has 1 aliphatic carbocycles. The van der Waals surface area contributed by atoms with Gasteiger partial charge in [-0.1, -0.05) is 25.0 Å². The fraction of sp³-hybridized carbons (Fsp3) is 0.769. The number of allylic oxidation sites excluding steroid dienone is 2. The van der Waals surface area contributed by atoms with E-state index in [-0.39, 0.29) is 11.5 Å². The van der Waals surface area contributed by atoms with E-state index >= 15 is 0 Å². The van der Waals surface area contributed by atoms with Gasteiger partial charge in [0.25, 0.3) is 6.47 Å². The van der Waals surface area contributed by atoms with Gasteiger partial charge in [0.2, 0.25) is 0 Å². The minimum Gasteiger partial charge on any atom is -0.464 e. The van der Waals surface area contributed by atoms with Gasteiger partial charge in [-0.05, 0) is 39.5 Å². The Morgan fingerprint density at radius 3 is 2.60 bits per heavy atom. The smallest absolute Gasteiger partial charge is 0.293 e. The molecule has 0 spiro atoms. The van der Waals surface area contributed by atoms with Crippen molar-refractivity contribution in [2.45, 2.75) is 53.6 Å². The second-order valence-corrected chi connectivity index (χ2v) is 5.22. The molecule has 86 valence electrons. The molecule has 0 aromatic heterocycles. The molecule has 0 heterocycles. The predicted molar refractivity (Wildman–Crippen MR) is 61.5 cm³/mol. The predicted octanol–water partition coefficient (Wildman–Crippen LogP) is 3.32. The van der Waals surface area contributed by atoms with Gasteiger partial charge in [0.15, 0.2) is 0 Å². The van der Waals surface area contributed by atoms with Gasteiger partial charge >= 0.3 is 0 Å². The Morgan fingerprint density at radius 2 is 2.07 bits per heavy atom. The maximum absolute atomic E-state index is 10.4. The molecule has 0 amide bonds. The average molecular weight is 210 g/mol. The summed E-state index contributed by atoms with van der Waals surface area (Å²) in [5.41, 5.74) is 3.04. The number of carbonyl (C=O) groups excluding carboxylic acids is 1. The molecule has 0 N–H and O–H groups in total. The van der Waals surface area contributed by atoms with Crippen LogP contribution in [0.5, 0.6) is 0 Å². The lowest BCUT2D eigenvalue weighted by Crippen LogP contribution is -2.40. The van der Waals surface area contributed by atoms with Crippen molar-refractivity contribution >= 4 is 6.47 Å². The molecule has 0 saturated carbocycles. The van der Waals surface area contributed by atoms with Crippen LogP contribution in [-0.4, -0.2) is 12.6 Å². The van der Waals surface area contributed by atoms with E-state index in [1.165, 1.54) is 11.1 Å². The van der Waals surface area contributed by atoms with E-state index < -0.39 is 0 Å². The third kappa shape index (κ3) is 2.24. The average Bonchev–Trinajstić information content (AvgIpc) is 2.15. The lowest BCUT2D eigenvalue weighted by atomic mass is 9.64. The summed E-state index contributed by atoms with van der Waals surface area (Å²) in [5.74, 6) is 0.566. The van der Waals surface area contributed by atoms with E-state index in [1.54, 1.807) is 0 Å². The zero-order chi connectivity index (χ0) is 11.6. The summed E-state index contributed by atoms with van der Waals surface area (Å²) in [6, 6.07) is 0. The molecule has 15 heavy (non-hydrogen) atoms. The van der Waals surface area contributed by atoms with Crippen LogP contribution in [0.1, 0.15) is 47.5 Å². The maximum Gasteiger partial charge on any atom is 0.293 e. The minimum atomic E-state index is -0.00644. The molecule has 2 nitrogen and oxygen atoms in total. The molecule has 3 unspecified atom stereocenters. The normalized spacial score (nSPS) is 33.8. The van der Waals surface area contributed by atoms with E-state index in [2.05, 4.69) is 27.7 Å². The lowest BCUT2D eigenvalue weighted by Gasteiger charge is -2.43. The fourth-order valence-electron chi connectivity index (χ4n) is 2.55. The van der Waals surface area contributed by atoms with E-state index in [0.29, 0.717) is 12.4 Å². The molecular formula is C13H22O2. The molecule has 0 radical (unpaired) electrons. The molecule has 0 bridgehead atoms. The second-order valence-electron chi connectivity index (χ2n) is 5.22. The monoisotopic (exact) mass is 210 g/mol. The van der Waals surface area contributed by atoms with Crippen molar-refractivity contribution in [1.82, 2.24) is 0 Å². The molecular weight excluding hydrogens is 188 g/mol. The van der Waals surface area contributed by atoms with Crippen LogP contribution in [0.25, 0.3) is 0 Å². The highest BCUT2D eigenvalue weighted by Gasteiger charge is 2.40. The van der Waals surface area contributed by atoms with Crippen molar-refractivity contribution in [1.29, 1.82) is 0 Å². The van der Waals surface area contributed by atoms with Gasteiger partial charge in [-0.2, -0.15) is 0 Å². The maximum atomic E-state index is 10.4. The summed E-state index contributed by atoms with van der Waals surface area (Å²) in [6.07, 6.45) is 2.15. The molecule has 1 aliphatic rings. The van der Waals surface area contributed by atoms with E-state index in [9.17, 15) is 4.79 Å². The highest BCUT2D eigenvalue weighted by atomic mass is 16.5. The third-order valence-electron chi connectivity index (χ3n) is 4.30. The molecule has 2 heteroatoms. The SMILES string of the molecule is CC1=C(C)CC(C)(C(C)OC=O)C(C)C1. The van der Waals surface area contributed by atoms with Crippen molar-refractivity contribution in [3.05, 3.63) is 11.1 Å². The van der Waals surface area contributed by atoms with Gasteiger partial charge in [-0.25, -0.2) is 0 Å². The first-order valence-electron chi connectivity index (χ1n) is 5.66. The van der Waals surface area contributed by atoms with Gasteiger partial charge in [0.05, 0.1) is 0 Å². The number of hydrogen-bond donors (Lipinski definition) is 0. The Labute approximate surface area is 92.7 Å². The molecule has 0 aliphatic heterocycles. The third-order valence-corrected chi connectivity index (χ3v) is 4.30. The molecule has 1 rings (SSSR count). The fourth-order valence-corrected chi connectivity index (χ4v) is 2.55. The standard InChI is InChI=1S/C13H22O2/c1-9-6-11(3)13(5,7-10(9)2)12(4)15-8-14/h8,11-12H,6-7H2,1-5H3. The lowest BCUT2D eigenvalue weighted by molar-refractivity contribution is -0.141. The van der Waals surface area contributed by atoms with Crippen LogP contribution in [0.4, 0.5) is 0 Å². The van der Waals surface area contributed by atoms with Gasteiger partial charge in [0, 0.05) is 5.41 Å². The second kappa shape index (κ2) is 4.38. The van der Waals surface area contributed by atoms with E-state index in [1.807, 2.05) is 6.92 Å². The number of ether oxygens (including phenoxy) is 1.